The molecule has 0 fully saturated rings. The number of hydrogen-bond donors (Lipinski definition) is 2. The zero-order chi connectivity index (χ0) is 10.2. The molecule has 0 bridgehead atoms. The zero-order valence-electron chi connectivity index (χ0n) is 8.96. The van der Waals surface area contributed by atoms with Crippen LogP contribution in [0.4, 0.5) is 0 Å². The van der Waals surface area contributed by atoms with Crippen molar-refractivity contribution in [1.82, 2.24) is 5.32 Å². The Morgan fingerprint density at radius 2 is 2.07 bits per heavy atom. The molecule has 2 aliphatic rings. The van der Waals surface area contributed by atoms with E-state index in [0.29, 0.717) is 0 Å². The van der Waals surface area contributed by atoms with Crippen LogP contribution in [0.2, 0.25) is 0 Å². The van der Waals surface area contributed by atoms with Crippen molar-refractivity contribution >= 4 is 0 Å². The molecule has 14 heavy (non-hydrogen) atoms. The van der Waals surface area contributed by atoms with Crippen molar-refractivity contribution in [2.45, 2.75) is 38.3 Å². The molecule has 1 aliphatic heterocycles. The molecule has 1 aliphatic carbocycles. The molecule has 2 nitrogen and oxygen atoms in total. The van der Waals surface area contributed by atoms with E-state index in [4.69, 9.17) is 0 Å². The Kier molecular flexibility index (Phi) is 2.28. The normalized spacial score (nSPS) is 40.4. The van der Waals surface area contributed by atoms with Crippen LogP contribution in [0.1, 0.15) is 26.7 Å². The van der Waals surface area contributed by atoms with Crippen LogP contribution < -0.4 is 5.32 Å². The molecule has 0 aromatic carbocycles. The Bertz CT molecular complexity index is 280. The minimum Gasteiger partial charge on any atom is -0.384 e. The van der Waals surface area contributed by atoms with Crippen LogP contribution in [0.5, 0.6) is 0 Å². The molecule has 0 aromatic rings. The lowest BCUT2D eigenvalue weighted by Gasteiger charge is -2.38. The molecular formula is C12H19NO. The highest BCUT2D eigenvalue weighted by atomic mass is 16.3. The van der Waals surface area contributed by atoms with Gasteiger partial charge in [0.2, 0.25) is 0 Å². The summed E-state index contributed by atoms with van der Waals surface area (Å²) in [7, 11) is 0. The van der Waals surface area contributed by atoms with E-state index in [9.17, 15) is 5.11 Å². The van der Waals surface area contributed by atoms with Gasteiger partial charge in [0.1, 0.15) is 5.60 Å². The predicted octanol–water partition coefficient (Wildman–Crippen LogP) is 1.62. The summed E-state index contributed by atoms with van der Waals surface area (Å²) < 4.78 is 0. The van der Waals surface area contributed by atoms with E-state index in [0.717, 1.165) is 19.4 Å². The van der Waals surface area contributed by atoms with Crippen LogP contribution in [-0.4, -0.2) is 23.3 Å². The second kappa shape index (κ2) is 3.21. The van der Waals surface area contributed by atoms with E-state index in [-0.39, 0.29) is 11.5 Å². The molecule has 0 saturated heterocycles. The zero-order valence-corrected chi connectivity index (χ0v) is 8.96. The highest BCUT2D eigenvalue weighted by molar-refractivity contribution is 5.21. The Hall–Kier alpha value is -0.600. The van der Waals surface area contributed by atoms with E-state index < -0.39 is 5.60 Å². The molecule has 1 heterocycles. The maximum atomic E-state index is 10.4. The number of allylic oxidation sites excluding steroid dienone is 1. The molecular weight excluding hydrogens is 174 g/mol. The van der Waals surface area contributed by atoms with E-state index in [2.05, 4.69) is 37.4 Å². The first-order valence-corrected chi connectivity index (χ1v) is 5.35. The van der Waals surface area contributed by atoms with Crippen LogP contribution in [0, 0.1) is 5.41 Å². The maximum Gasteiger partial charge on any atom is 0.102 e. The average Bonchev–Trinajstić information content (AvgIpc) is 2.64. The van der Waals surface area contributed by atoms with Crippen LogP contribution in [0.15, 0.2) is 24.3 Å². The molecule has 2 unspecified atom stereocenters. The molecule has 0 saturated carbocycles. The van der Waals surface area contributed by atoms with Crippen LogP contribution in [-0.2, 0) is 0 Å². The lowest BCUT2D eigenvalue weighted by molar-refractivity contribution is 0.0410. The lowest BCUT2D eigenvalue weighted by atomic mass is 9.74. The van der Waals surface area contributed by atoms with Crippen molar-refractivity contribution < 1.29 is 5.11 Å². The summed E-state index contributed by atoms with van der Waals surface area (Å²) in [6, 6.07) is 0.106. The fraction of sp³-hybridized carbons (Fsp3) is 0.667. The molecule has 0 spiro atoms. The Labute approximate surface area is 85.7 Å². The van der Waals surface area contributed by atoms with Gasteiger partial charge in [-0.2, -0.15) is 0 Å². The first-order chi connectivity index (χ1) is 6.52. The molecule has 2 atom stereocenters. The molecule has 78 valence electrons. The molecule has 2 N–H and O–H groups in total. The van der Waals surface area contributed by atoms with Gasteiger partial charge in [0.25, 0.3) is 0 Å². The molecule has 0 radical (unpaired) electrons. The highest BCUT2D eigenvalue weighted by Crippen LogP contribution is 2.36. The average molecular weight is 193 g/mol. The lowest BCUT2D eigenvalue weighted by Crippen LogP contribution is -2.48. The van der Waals surface area contributed by atoms with Gasteiger partial charge in [-0.1, -0.05) is 38.2 Å². The van der Waals surface area contributed by atoms with E-state index in [1.54, 1.807) is 0 Å². The van der Waals surface area contributed by atoms with E-state index >= 15 is 0 Å². The van der Waals surface area contributed by atoms with Crippen molar-refractivity contribution in [2.24, 2.45) is 5.41 Å². The molecule has 0 aromatic heterocycles. The smallest absolute Gasteiger partial charge is 0.102 e. The number of nitrogens with one attached hydrogen (secondary N) is 1. The van der Waals surface area contributed by atoms with Crippen molar-refractivity contribution in [1.29, 1.82) is 0 Å². The summed E-state index contributed by atoms with van der Waals surface area (Å²) in [6.07, 6.45) is 10.2. The van der Waals surface area contributed by atoms with E-state index in [1.165, 1.54) is 0 Å². The van der Waals surface area contributed by atoms with Gasteiger partial charge in [0.05, 0.1) is 6.04 Å². The Morgan fingerprint density at radius 1 is 1.29 bits per heavy atom. The second-order valence-corrected chi connectivity index (χ2v) is 5.13. The minimum absolute atomic E-state index is 0.106. The number of aliphatic hydroxyl groups is 1. The monoisotopic (exact) mass is 193 g/mol. The molecule has 2 rings (SSSR count). The van der Waals surface area contributed by atoms with E-state index in [1.807, 2.05) is 6.08 Å². The van der Waals surface area contributed by atoms with Gasteiger partial charge < -0.3 is 10.4 Å². The van der Waals surface area contributed by atoms with Crippen LogP contribution >= 0.6 is 0 Å². The summed E-state index contributed by atoms with van der Waals surface area (Å²) in [4.78, 5) is 0. The van der Waals surface area contributed by atoms with Crippen LogP contribution in [0.3, 0.4) is 0 Å². The fourth-order valence-corrected chi connectivity index (χ4v) is 2.13. The third-order valence-electron chi connectivity index (χ3n) is 3.32. The van der Waals surface area contributed by atoms with Gasteiger partial charge in [0.15, 0.2) is 0 Å². The minimum atomic E-state index is -0.664. The first kappa shape index (κ1) is 9.94. The summed E-state index contributed by atoms with van der Waals surface area (Å²) in [5.41, 5.74) is -0.420. The topological polar surface area (TPSA) is 32.3 Å². The van der Waals surface area contributed by atoms with Gasteiger partial charge in [0, 0.05) is 6.54 Å². The standard InChI is InChI=1S/C12H19NO/c1-11(2)5-7-12(14,8-6-11)10-4-3-9-13-10/h3-5,7,10,13-14H,6,8-9H2,1-2H3. The fourth-order valence-electron chi connectivity index (χ4n) is 2.13. The van der Waals surface area contributed by atoms with Crippen molar-refractivity contribution in [3.8, 4) is 0 Å². The van der Waals surface area contributed by atoms with Gasteiger partial charge in [-0.25, -0.2) is 0 Å². The molecule has 0 amide bonds. The van der Waals surface area contributed by atoms with Gasteiger partial charge >= 0.3 is 0 Å². The van der Waals surface area contributed by atoms with Crippen molar-refractivity contribution in [3.05, 3.63) is 24.3 Å². The van der Waals surface area contributed by atoms with Crippen molar-refractivity contribution in [3.63, 3.8) is 0 Å². The number of rotatable bonds is 1. The molecule has 2 heteroatoms. The summed E-state index contributed by atoms with van der Waals surface area (Å²) in [5.74, 6) is 0. The van der Waals surface area contributed by atoms with Crippen molar-refractivity contribution in [2.75, 3.05) is 6.54 Å². The summed E-state index contributed by atoms with van der Waals surface area (Å²) >= 11 is 0. The van der Waals surface area contributed by atoms with Crippen LogP contribution in [0.25, 0.3) is 0 Å². The van der Waals surface area contributed by atoms with Gasteiger partial charge in [-0.05, 0) is 18.3 Å². The van der Waals surface area contributed by atoms with Gasteiger partial charge in [-0.3, -0.25) is 0 Å². The third kappa shape index (κ3) is 1.77. The maximum absolute atomic E-state index is 10.4. The summed E-state index contributed by atoms with van der Waals surface area (Å²) in [6.45, 7) is 5.30. The first-order valence-electron chi connectivity index (χ1n) is 5.35. The third-order valence-corrected chi connectivity index (χ3v) is 3.32. The number of hydrogen-bond acceptors (Lipinski definition) is 2. The Balaban J connectivity index is 2.14. The highest BCUT2D eigenvalue weighted by Gasteiger charge is 2.38. The SMILES string of the molecule is CC1(C)C=CC(O)(C2C=CCN2)CC1. The van der Waals surface area contributed by atoms with Gasteiger partial charge in [-0.15, -0.1) is 0 Å². The quantitative estimate of drug-likeness (QED) is 0.620. The predicted molar refractivity (Wildman–Crippen MR) is 58.0 cm³/mol. The largest absolute Gasteiger partial charge is 0.384 e. The summed E-state index contributed by atoms with van der Waals surface area (Å²) in [5, 5.41) is 13.7. The second-order valence-electron chi connectivity index (χ2n) is 5.13. The Morgan fingerprint density at radius 3 is 2.57 bits per heavy atom.